The van der Waals surface area contributed by atoms with Crippen molar-refractivity contribution < 1.29 is 9.72 Å². The fourth-order valence-electron chi connectivity index (χ4n) is 3.36. The predicted molar refractivity (Wildman–Crippen MR) is 107 cm³/mol. The highest BCUT2D eigenvalue weighted by atomic mass is 35.5. The third-order valence-corrected chi connectivity index (χ3v) is 5.27. The molecule has 0 bridgehead atoms. The second-order valence-corrected chi connectivity index (χ2v) is 7.27. The standard InChI is InChI=1S/C19H22ClN5O3/c1-12-13(2)21-14(3)22-18(12)23-7-4-8-24(10-9-23)19(26)15-5-6-16(20)17(11-15)25(27)28/h5-6,11H,4,7-10H2,1-3H3. The maximum Gasteiger partial charge on any atom is 0.288 e. The van der Waals surface area contributed by atoms with Gasteiger partial charge < -0.3 is 9.80 Å². The van der Waals surface area contributed by atoms with Gasteiger partial charge in [-0.3, -0.25) is 14.9 Å². The molecule has 8 nitrogen and oxygen atoms in total. The lowest BCUT2D eigenvalue weighted by molar-refractivity contribution is -0.384. The molecule has 1 fully saturated rings. The number of nitro benzene ring substituents is 1. The van der Waals surface area contributed by atoms with Crippen LogP contribution in [0.3, 0.4) is 0 Å². The van der Waals surface area contributed by atoms with Crippen molar-refractivity contribution in [1.82, 2.24) is 14.9 Å². The van der Waals surface area contributed by atoms with E-state index >= 15 is 0 Å². The molecule has 1 amide bonds. The van der Waals surface area contributed by atoms with E-state index in [-0.39, 0.29) is 22.2 Å². The van der Waals surface area contributed by atoms with Gasteiger partial charge >= 0.3 is 0 Å². The number of amides is 1. The number of aromatic nitrogens is 2. The summed E-state index contributed by atoms with van der Waals surface area (Å²) in [6, 6.07) is 4.17. The molecule has 3 rings (SSSR count). The minimum absolute atomic E-state index is 0.0218. The summed E-state index contributed by atoms with van der Waals surface area (Å²) in [5.74, 6) is 1.40. The van der Waals surface area contributed by atoms with Crippen molar-refractivity contribution in [2.45, 2.75) is 27.2 Å². The van der Waals surface area contributed by atoms with Crippen LogP contribution in [0.5, 0.6) is 0 Å². The molecule has 2 aromatic rings. The number of rotatable bonds is 3. The largest absolute Gasteiger partial charge is 0.354 e. The first-order valence-electron chi connectivity index (χ1n) is 9.08. The Labute approximate surface area is 168 Å². The number of carbonyl (C=O) groups is 1. The van der Waals surface area contributed by atoms with E-state index in [1.165, 1.54) is 18.2 Å². The topological polar surface area (TPSA) is 92.5 Å². The van der Waals surface area contributed by atoms with Gasteiger partial charge in [0.1, 0.15) is 16.7 Å². The Kier molecular flexibility index (Phi) is 5.79. The highest BCUT2D eigenvalue weighted by molar-refractivity contribution is 6.32. The molecule has 2 heterocycles. The molecule has 148 valence electrons. The molecule has 9 heteroatoms. The third kappa shape index (κ3) is 4.06. The summed E-state index contributed by atoms with van der Waals surface area (Å²) < 4.78 is 0. The zero-order valence-electron chi connectivity index (χ0n) is 16.1. The molecule has 0 radical (unpaired) electrons. The van der Waals surface area contributed by atoms with Crippen molar-refractivity contribution in [3.05, 3.63) is 56.0 Å². The molecular weight excluding hydrogens is 382 g/mol. The zero-order valence-corrected chi connectivity index (χ0v) is 16.9. The number of halogens is 1. The molecule has 0 atom stereocenters. The molecule has 1 aliphatic rings. The summed E-state index contributed by atoms with van der Waals surface area (Å²) >= 11 is 5.85. The van der Waals surface area contributed by atoms with Crippen LogP contribution in [0.4, 0.5) is 11.5 Å². The van der Waals surface area contributed by atoms with Crippen molar-refractivity contribution in [1.29, 1.82) is 0 Å². The monoisotopic (exact) mass is 403 g/mol. The summed E-state index contributed by atoms with van der Waals surface area (Å²) in [6.07, 6.45) is 0.781. The zero-order chi connectivity index (χ0) is 20.4. The molecule has 0 unspecified atom stereocenters. The van der Waals surface area contributed by atoms with E-state index in [1.807, 2.05) is 20.8 Å². The van der Waals surface area contributed by atoms with Crippen LogP contribution in [0.1, 0.15) is 33.9 Å². The maximum absolute atomic E-state index is 12.9. The van der Waals surface area contributed by atoms with Gasteiger partial charge in [0.25, 0.3) is 11.6 Å². The first-order chi connectivity index (χ1) is 13.3. The van der Waals surface area contributed by atoms with E-state index in [9.17, 15) is 14.9 Å². The smallest absolute Gasteiger partial charge is 0.288 e. The number of nitro groups is 1. The molecule has 1 saturated heterocycles. The Balaban J connectivity index is 1.78. The molecule has 1 aromatic carbocycles. The minimum Gasteiger partial charge on any atom is -0.354 e. The quantitative estimate of drug-likeness (QED) is 0.576. The molecular formula is C19H22ClN5O3. The molecule has 0 spiro atoms. The summed E-state index contributed by atoms with van der Waals surface area (Å²) in [4.78, 5) is 36.3. The van der Waals surface area contributed by atoms with Gasteiger partial charge in [-0.1, -0.05) is 11.6 Å². The maximum atomic E-state index is 12.9. The van der Waals surface area contributed by atoms with Crippen LogP contribution in [0.25, 0.3) is 0 Å². The van der Waals surface area contributed by atoms with Crippen LogP contribution in [-0.4, -0.2) is 51.9 Å². The minimum atomic E-state index is -0.578. The van der Waals surface area contributed by atoms with Crippen molar-refractivity contribution in [2.75, 3.05) is 31.1 Å². The summed E-state index contributed by atoms with van der Waals surface area (Å²) in [7, 11) is 0. The Morgan fingerprint density at radius 2 is 1.89 bits per heavy atom. The Bertz CT molecular complexity index is 934. The van der Waals surface area contributed by atoms with Crippen LogP contribution in [0, 0.1) is 30.9 Å². The Hall–Kier alpha value is -2.74. The lowest BCUT2D eigenvalue weighted by Crippen LogP contribution is -2.35. The molecule has 0 saturated carbocycles. The summed E-state index contributed by atoms with van der Waals surface area (Å²) in [6.45, 7) is 8.35. The van der Waals surface area contributed by atoms with E-state index < -0.39 is 4.92 Å². The van der Waals surface area contributed by atoms with E-state index in [4.69, 9.17) is 11.6 Å². The van der Waals surface area contributed by atoms with Gasteiger partial charge in [-0.2, -0.15) is 0 Å². The molecule has 0 aliphatic carbocycles. The Morgan fingerprint density at radius 3 is 2.61 bits per heavy atom. The summed E-state index contributed by atoms with van der Waals surface area (Å²) in [5, 5.41) is 11.1. The van der Waals surface area contributed by atoms with Gasteiger partial charge in [0.15, 0.2) is 0 Å². The van der Waals surface area contributed by atoms with Gasteiger partial charge in [0.2, 0.25) is 0 Å². The number of aryl methyl sites for hydroxylation is 2. The van der Waals surface area contributed by atoms with E-state index in [2.05, 4.69) is 14.9 Å². The lowest BCUT2D eigenvalue weighted by atomic mass is 10.1. The molecule has 28 heavy (non-hydrogen) atoms. The van der Waals surface area contributed by atoms with Crippen molar-refractivity contribution in [3.63, 3.8) is 0 Å². The number of hydrogen-bond acceptors (Lipinski definition) is 6. The predicted octanol–water partition coefficient (Wildman–Crippen LogP) is 3.32. The number of carbonyl (C=O) groups excluding carboxylic acids is 1. The normalized spacial score (nSPS) is 14.7. The lowest BCUT2D eigenvalue weighted by Gasteiger charge is -2.25. The van der Waals surface area contributed by atoms with Crippen molar-refractivity contribution in [2.24, 2.45) is 0 Å². The highest BCUT2D eigenvalue weighted by Gasteiger charge is 2.24. The SMILES string of the molecule is Cc1nc(C)c(C)c(N2CCCN(C(=O)c3ccc(Cl)c([N+](=O)[O-])c3)CC2)n1. The summed E-state index contributed by atoms with van der Waals surface area (Å²) in [5.41, 5.74) is 2.01. The van der Waals surface area contributed by atoms with Crippen molar-refractivity contribution in [3.8, 4) is 0 Å². The number of benzene rings is 1. The van der Waals surface area contributed by atoms with E-state index in [0.29, 0.717) is 19.6 Å². The van der Waals surface area contributed by atoms with Gasteiger partial charge in [-0.25, -0.2) is 9.97 Å². The fraction of sp³-hybridized carbons (Fsp3) is 0.421. The average Bonchev–Trinajstić information content (AvgIpc) is 2.90. The Morgan fingerprint density at radius 1 is 1.14 bits per heavy atom. The second-order valence-electron chi connectivity index (χ2n) is 6.86. The van der Waals surface area contributed by atoms with Gasteiger partial charge in [-0.05, 0) is 39.3 Å². The van der Waals surface area contributed by atoms with Gasteiger partial charge in [0.05, 0.1) is 4.92 Å². The van der Waals surface area contributed by atoms with Crippen molar-refractivity contribution >= 4 is 29.0 Å². The van der Waals surface area contributed by atoms with Crippen LogP contribution >= 0.6 is 11.6 Å². The second kappa shape index (κ2) is 8.10. The first kappa shape index (κ1) is 20.0. The third-order valence-electron chi connectivity index (χ3n) is 4.95. The number of nitrogens with zero attached hydrogens (tertiary/aromatic N) is 5. The molecule has 0 N–H and O–H groups in total. The van der Waals surface area contributed by atoms with E-state index in [1.54, 1.807) is 4.90 Å². The van der Waals surface area contributed by atoms with Crippen LogP contribution < -0.4 is 4.90 Å². The van der Waals surface area contributed by atoms with Gasteiger partial charge in [-0.15, -0.1) is 0 Å². The number of anilines is 1. The number of hydrogen-bond donors (Lipinski definition) is 0. The first-order valence-corrected chi connectivity index (χ1v) is 9.45. The molecule has 1 aromatic heterocycles. The highest BCUT2D eigenvalue weighted by Crippen LogP contribution is 2.26. The molecule has 1 aliphatic heterocycles. The average molecular weight is 404 g/mol. The van der Waals surface area contributed by atoms with E-state index in [0.717, 1.165) is 35.9 Å². The fourth-order valence-corrected chi connectivity index (χ4v) is 3.55. The van der Waals surface area contributed by atoms with Crippen LogP contribution in [-0.2, 0) is 0 Å². The van der Waals surface area contributed by atoms with Gasteiger partial charge in [0, 0.05) is 49.1 Å². The van der Waals surface area contributed by atoms with Crippen LogP contribution in [0.15, 0.2) is 18.2 Å². The van der Waals surface area contributed by atoms with Crippen LogP contribution in [0.2, 0.25) is 5.02 Å².